The zero-order valence-corrected chi connectivity index (χ0v) is 10.8. The Kier molecular flexibility index (Phi) is 2.37. The average Bonchev–Trinajstić information content (AvgIpc) is 3.03. The number of nitrogens with zero attached hydrogens (tertiary/aromatic N) is 2. The van der Waals surface area contributed by atoms with Gasteiger partial charge < -0.3 is 10.3 Å². The molecule has 1 fully saturated rings. The molecule has 0 saturated heterocycles. The molecule has 1 heterocycles. The van der Waals surface area contributed by atoms with Crippen molar-refractivity contribution in [1.82, 2.24) is 9.55 Å². The van der Waals surface area contributed by atoms with E-state index in [-0.39, 0.29) is 5.82 Å². The highest BCUT2D eigenvalue weighted by Gasteiger charge is 2.46. The SMILES string of the molecule is CC(C)C1(Cn2c(N)nc3c(F)cccc32)CC1. The van der Waals surface area contributed by atoms with E-state index in [1.54, 1.807) is 6.07 Å². The van der Waals surface area contributed by atoms with E-state index < -0.39 is 0 Å². The lowest BCUT2D eigenvalue weighted by molar-refractivity contribution is 0.314. The summed E-state index contributed by atoms with van der Waals surface area (Å²) < 4.78 is 15.6. The van der Waals surface area contributed by atoms with E-state index in [9.17, 15) is 4.39 Å². The van der Waals surface area contributed by atoms with Crippen molar-refractivity contribution in [1.29, 1.82) is 0 Å². The van der Waals surface area contributed by atoms with Crippen LogP contribution < -0.4 is 5.73 Å². The second-order valence-corrected chi connectivity index (χ2v) is 5.68. The topological polar surface area (TPSA) is 43.8 Å². The van der Waals surface area contributed by atoms with Crippen LogP contribution >= 0.6 is 0 Å². The zero-order valence-electron chi connectivity index (χ0n) is 10.8. The summed E-state index contributed by atoms with van der Waals surface area (Å²) in [4.78, 5) is 4.15. The maximum atomic E-state index is 13.7. The number of halogens is 1. The zero-order chi connectivity index (χ0) is 12.9. The normalized spacial score (nSPS) is 17.6. The molecule has 4 heteroatoms. The molecule has 1 aliphatic carbocycles. The van der Waals surface area contributed by atoms with Crippen LogP contribution in [-0.4, -0.2) is 9.55 Å². The molecule has 18 heavy (non-hydrogen) atoms. The van der Waals surface area contributed by atoms with Crippen LogP contribution in [0.25, 0.3) is 11.0 Å². The molecular weight excluding hydrogens is 229 g/mol. The van der Waals surface area contributed by atoms with Gasteiger partial charge in [0.05, 0.1) is 5.52 Å². The lowest BCUT2D eigenvalue weighted by atomic mass is 9.92. The highest BCUT2D eigenvalue weighted by Crippen LogP contribution is 2.53. The molecule has 1 saturated carbocycles. The number of anilines is 1. The molecule has 2 N–H and O–H groups in total. The van der Waals surface area contributed by atoms with Gasteiger partial charge in [0.1, 0.15) is 5.52 Å². The van der Waals surface area contributed by atoms with E-state index in [2.05, 4.69) is 18.8 Å². The molecule has 1 aliphatic rings. The Balaban J connectivity index is 2.07. The molecule has 0 spiro atoms. The number of nitrogens with two attached hydrogens (primary N) is 1. The maximum absolute atomic E-state index is 13.7. The minimum Gasteiger partial charge on any atom is -0.369 e. The summed E-state index contributed by atoms with van der Waals surface area (Å²) in [6.45, 7) is 5.32. The summed E-state index contributed by atoms with van der Waals surface area (Å²) in [7, 11) is 0. The van der Waals surface area contributed by atoms with E-state index in [0.29, 0.717) is 22.8 Å². The molecule has 3 rings (SSSR count). The predicted octanol–water partition coefficient (Wildman–Crippen LogP) is 3.19. The number of aromatic nitrogens is 2. The second kappa shape index (κ2) is 3.70. The van der Waals surface area contributed by atoms with Gasteiger partial charge in [-0.1, -0.05) is 19.9 Å². The van der Waals surface area contributed by atoms with Crippen molar-refractivity contribution in [2.45, 2.75) is 33.2 Å². The van der Waals surface area contributed by atoms with Crippen molar-refractivity contribution >= 4 is 17.0 Å². The second-order valence-electron chi connectivity index (χ2n) is 5.68. The number of imidazole rings is 1. The van der Waals surface area contributed by atoms with Crippen LogP contribution in [0.4, 0.5) is 10.3 Å². The van der Waals surface area contributed by atoms with Gasteiger partial charge in [0.15, 0.2) is 5.82 Å². The highest BCUT2D eigenvalue weighted by atomic mass is 19.1. The number of fused-ring (bicyclic) bond motifs is 1. The van der Waals surface area contributed by atoms with Crippen molar-refractivity contribution in [2.24, 2.45) is 11.3 Å². The summed E-state index contributed by atoms with van der Waals surface area (Å²) in [5.74, 6) is 0.734. The van der Waals surface area contributed by atoms with Crippen molar-refractivity contribution in [3.05, 3.63) is 24.0 Å². The van der Waals surface area contributed by atoms with Crippen LogP contribution in [0.1, 0.15) is 26.7 Å². The fourth-order valence-corrected chi connectivity index (χ4v) is 2.69. The molecule has 0 bridgehead atoms. The molecule has 0 amide bonds. The largest absolute Gasteiger partial charge is 0.369 e. The molecule has 96 valence electrons. The smallest absolute Gasteiger partial charge is 0.201 e. The number of nitrogen functional groups attached to an aromatic ring is 1. The van der Waals surface area contributed by atoms with Gasteiger partial charge >= 0.3 is 0 Å². The molecule has 2 aromatic rings. The molecule has 0 aliphatic heterocycles. The van der Waals surface area contributed by atoms with Gasteiger partial charge in [0.2, 0.25) is 5.95 Å². The lowest BCUT2D eigenvalue weighted by Crippen LogP contribution is -2.18. The molecule has 0 radical (unpaired) electrons. The third-order valence-corrected chi connectivity index (χ3v) is 4.35. The highest BCUT2D eigenvalue weighted by molar-refractivity contribution is 5.78. The summed E-state index contributed by atoms with van der Waals surface area (Å²) in [6, 6.07) is 5.02. The molecule has 1 aromatic carbocycles. The van der Waals surface area contributed by atoms with Gasteiger partial charge in [0, 0.05) is 6.54 Å². The number of benzene rings is 1. The Morgan fingerprint density at radius 2 is 2.17 bits per heavy atom. The fourth-order valence-electron chi connectivity index (χ4n) is 2.69. The Morgan fingerprint density at radius 1 is 1.44 bits per heavy atom. The van der Waals surface area contributed by atoms with Gasteiger partial charge in [-0.15, -0.1) is 0 Å². The van der Waals surface area contributed by atoms with E-state index >= 15 is 0 Å². The van der Waals surface area contributed by atoms with Crippen LogP contribution in [0.2, 0.25) is 0 Å². The van der Waals surface area contributed by atoms with Crippen LogP contribution in [0.5, 0.6) is 0 Å². The summed E-state index contributed by atoms with van der Waals surface area (Å²) in [6.07, 6.45) is 2.44. The Labute approximate surface area is 106 Å². The Bertz CT molecular complexity index is 596. The van der Waals surface area contributed by atoms with Crippen molar-refractivity contribution in [3.8, 4) is 0 Å². The first kappa shape index (κ1) is 11.5. The monoisotopic (exact) mass is 247 g/mol. The third-order valence-electron chi connectivity index (χ3n) is 4.35. The van der Waals surface area contributed by atoms with Crippen molar-refractivity contribution in [3.63, 3.8) is 0 Å². The van der Waals surface area contributed by atoms with Crippen LogP contribution in [0, 0.1) is 17.2 Å². The Morgan fingerprint density at radius 3 is 2.78 bits per heavy atom. The summed E-state index contributed by atoms with van der Waals surface area (Å²) >= 11 is 0. The number of rotatable bonds is 3. The molecular formula is C14H18FN3. The third kappa shape index (κ3) is 1.59. The van der Waals surface area contributed by atoms with Crippen LogP contribution in [0.15, 0.2) is 18.2 Å². The minimum absolute atomic E-state index is 0.299. The predicted molar refractivity (Wildman–Crippen MR) is 70.6 cm³/mol. The summed E-state index contributed by atoms with van der Waals surface area (Å²) in [5, 5.41) is 0. The first-order valence-corrected chi connectivity index (χ1v) is 6.44. The molecule has 0 unspecified atom stereocenters. The van der Waals surface area contributed by atoms with Crippen molar-refractivity contribution < 1.29 is 4.39 Å². The van der Waals surface area contributed by atoms with E-state index in [1.807, 2.05) is 10.6 Å². The molecule has 3 nitrogen and oxygen atoms in total. The van der Waals surface area contributed by atoms with Crippen LogP contribution in [0.3, 0.4) is 0 Å². The first-order valence-electron chi connectivity index (χ1n) is 6.44. The molecule has 0 atom stereocenters. The van der Waals surface area contributed by atoms with E-state index in [0.717, 1.165) is 12.1 Å². The number of hydrogen-bond donors (Lipinski definition) is 1. The van der Waals surface area contributed by atoms with E-state index in [1.165, 1.54) is 18.9 Å². The lowest BCUT2D eigenvalue weighted by Gasteiger charge is -2.21. The van der Waals surface area contributed by atoms with Gasteiger partial charge in [-0.05, 0) is 36.3 Å². The standard InChI is InChI=1S/C14H18FN3/c1-9(2)14(6-7-14)8-18-11-5-3-4-10(15)12(11)17-13(18)16/h3-5,9H,6-8H2,1-2H3,(H2,16,17). The quantitative estimate of drug-likeness (QED) is 0.905. The van der Waals surface area contributed by atoms with Gasteiger partial charge in [-0.3, -0.25) is 0 Å². The minimum atomic E-state index is -0.299. The van der Waals surface area contributed by atoms with Gasteiger partial charge in [-0.25, -0.2) is 9.37 Å². The Hall–Kier alpha value is -1.58. The first-order chi connectivity index (χ1) is 8.53. The van der Waals surface area contributed by atoms with Crippen LogP contribution in [-0.2, 0) is 6.54 Å². The van der Waals surface area contributed by atoms with Gasteiger partial charge in [-0.2, -0.15) is 0 Å². The maximum Gasteiger partial charge on any atom is 0.201 e. The number of hydrogen-bond acceptors (Lipinski definition) is 2. The van der Waals surface area contributed by atoms with Gasteiger partial charge in [0.25, 0.3) is 0 Å². The van der Waals surface area contributed by atoms with E-state index in [4.69, 9.17) is 5.73 Å². The average molecular weight is 247 g/mol. The molecule has 1 aromatic heterocycles. The number of para-hydroxylation sites is 1. The fraction of sp³-hybridized carbons (Fsp3) is 0.500. The van der Waals surface area contributed by atoms with Crippen molar-refractivity contribution in [2.75, 3.05) is 5.73 Å². The summed E-state index contributed by atoms with van der Waals surface area (Å²) in [5.41, 5.74) is 7.46.